The summed E-state index contributed by atoms with van der Waals surface area (Å²) >= 11 is 1.41. The van der Waals surface area contributed by atoms with Gasteiger partial charge < -0.3 is 14.6 Å². The van der Waals surface area contributed by atoms with Crippen molar-refractivity contribution in [3.8, 4) is 0 Å². The maximum atomic E-state index is 11.1. The summed E-state index contributed by atoms with van der Waals surface area (Å²) in [4.78, 5) is 22.3. The number of aliphatic carboxylic acids is 1. The second-order valence-electron chi connectivity index (χ2n) is 3.24. The van der Waals surface area contributed by atoms with Crippen LogP contribution >= 0.6 is 11.3 Å². The first-order valence-electron chi connectivity index (χ1n) is 5.36. The number of rotatable bonds is 6. The van der Waals surface area contributed by atoms with Crippen molar-refractivity contribution < 1.29 is 19.4 Å². The van der Waals surface area contributed by atoms with Crippen molar-refractivity contribution in [2.24, 2.45) is 5.10 Å². The average Bonchev–Trinajstić information content (AvgIpc) is 2.82. The Morgan fingerprint density at radius 3 is 2.83 bits per heavy atom. The Bertz CT molecular complexity index is 428. The van der Waals surface area contributed by atoms with Gasteiger partial charge in [-0.2, -0.15) is 5.10 Å². The normalized spacial score (nSPS) is 11.1. The van der Waals surface area contributed by atoms with Crippen LogP contribution in [0, 0.1) is 0 Å². The number of carboxylic acid groups (broad SMARTS) is 1. The van der Waals surface area contributed by atoms with E-state index in [0.717, 1.165) is 4.88 Å². The molecule has 0 unspecified atom stereocenters. The summed E-state index contributed by atoms with van der Waals surface area (Å²) in [6.07, 6.45) is -0.628. The Kier molecular flexibility index (Phi) is 5.86. The lowest BCUT2D eigenvalue weighted by molar-refractivity contribution is -0.305. The van der Waals surface area contributed by atoms with Crippen molar-refractivity contribution >= 4 is 29.1 Å². The molecular weight excluding hydrogens is 256 g/mol. The van der Waals surface area contributed by atoms with Gasteiger partial charge in [0.15, 0.2) is 0 Å². The van der Waals surface area contributed by atoms with Crippen molar-refractivity contribution in [1.82, 2.24) is 5.43 Å². The number of hydrogen-bond donors (Lipinski definition) is 1. The number of carbonyl (C=O) groups is 2. The number of hydrogen-bond acceptors (Lipinski definition) is 6. The second-order valence-corrected chi connectivity index (χ2v) is 4.19. The van der Waals surface area contributed by atoms with Crippen LogP contribution in [0.1, 0.15) is 24.6 Å². The molecule has 98 valence electrons. The summed E-state index contributed by atoms with van der Waals surface area (Å²) in [5.74, 6) is -1.16. The van der Waals surface area contributed by atoms with Crippen LogP contribution in [0.15, 0.2) is 22.6 Å². The fourth-order valence-corrected chi connectivity index (χ4v) is 1.92. The summed E-state index contributed by atoms with van der Waals surface area (Å²) in [5, 5.41) is 16.1. The molecule has 0 saturated heterocycles. The summed E-state index contributed by atoms with van der Waals surface area (Å²) in [7, 11) is 0. The van der Waals surface area contributed by atoms with Gasteiger partial charge in [-0.1, -0.05) is 6.07 Å². The third-order valence-corrected chi connectivity index (χ3v) is 2.85. The fourth-order valence-electron chi connectivity index (χ4n) is 1.17. The number of hydrazone groups is 1. The van der Waals surface area contributed by atoms with Gasteiger partial charge in [-0.25, -0.2) is 10.2 Å². The van der Waals surface area contributed by atoms with Crippen molar-refractivity contribution in [3.05, 3.63) is 22.4 Å². The maximum Gasteiger partial charge on any atom is 0.427 e. The number of carboxylic acids is 1. The predicted molar refractivity (Wildman–Crippen MR) is 65.3 cm³/mol. The smallest absolute Gasteiger partial charge is 0.427 e. The highest BCUT2D eigenvalue weighted by atomic mass is 32.1. The standard InChI is InChI=1S/C11H14N2O4S/c1-2-17-11(16)13-12-8(5-6-10(14)15)9-4-3-7-18-9/h3-4,7H,2,5-6H2,1H3,(H,13,16)(H,14,15)/p-1/b12-8-. The number of carbonyl (C=O) groups excluding carboxylic acids is 2. The van der Waals surface area contributed by atoms with Gasteiger partial charge >= 0.3 is 6.09 Å². The van der Waals surface area contributed by atoms with Crippen molar-refractivity contribution in [1.29, 1.82) is 0 Å². The summed E-state index contributed by atoms with van der Waals surface area (Å²) in [6.45, 7) is 1.92. The zero-order valence-corrected chi connectivity index (χ0v) is 10.7. The first-order valence-corrected chi connectivity index (χ1v) is 6.24. The molecule has 0 radical (unpaired) electrons. The number of ether oxygens (including phenoxy) is 1. The second kappa shape index (κ2) is 7.44. The van der Waals surface area contributed by atoms with Crippen molar-refractivity contribution in [3.63, 3.8) is 0 Å². The van der Waals surface area contributed by atoms with Gasteiger partial charge in [0.2, 0.25) is 0 Å². The summed E-state index contributed by atoms with van der Waals surface area (Å²) in [6, 6.07) is 3.62. The third-order valence-electron chi connectivity index (χ3n) is 1.93. The molecule has 1 N–H and O–H groups in total. The van der Waals surface area contributed by atoms with Crippen LogP contribution in [0.25, 0.3) is 0 Å². The molecule has 18 heavy (non-hydrogen) atoms. The largest absolute Gasteiger partial charge is 0.550 e. The van der Waals surface area contributed by atoms with Crippen LogP contribution in [0.3, 0.4) is 0 Å². The molecule has 0 atom stereocenters. The summed E-state index contributed by atoms with van der Waals surface area (Å²) in [5.41, 5.74) is 2.70. The van der Waals surface area contributed by atoms with E-state index in [0.29, 0.717) is 5.71 Å². The predicted octanol–water partition coefficient (Wildman–Crippen LogP) is 0.728. The van der Waals surface area contributed by atoms with Gasteiger partial charge in [0, 0.05) is 5.97 Å². The van der Waals surface area contributed by atoms with E-state index in [9.17, 15) is 14.7 Å². The Labute approximate surface area is 108 Å². The number of thiophene rings is 1. The number of amides is 1. The molecule has 0 aromatic carbocycles. The number of nitrogens with one attached hydrogen (secondary N) is 1. The van der Waals surface area contributed by atoms with Crippen LogP contribution in [-0.4, -0.2) is 24.4 Å². The van der Waals surface area contributed by atoms with E-state index in [2.05, 4.69) is 15.3 Å². The molecule has 1 aromatic rings. The molecular formula is C11H13N2O4S-. The average molecular weight is 269 g/mol. The fraction of sp³-hybridized carbons (Fsp3) is 0.364. The van der Waals surface area contributed by atoms with Gasteiger partial charge in [-0.3, -0.25) is 0 Å². The highest BCUT2D eigenvalue weighted by Gasteiger charge is 2.07. The molecule has 1 aromatic heterocycles. The lowest BCUT2D eigenvalue weighted by Gasteiger charge is -2.06. The highest BCUT2D eigenvalue weighted by Crippen LogP contribution is 2.13. The molecule has 1 amide bonds. The van der Waals surface area contributed by atoms with Gasteiger partial charge in [0.25, 0.3) is 0 Å². The molecule has 0 aliphatic heterocycles. The minimum absolute atomic E-state index is 0.152. The minimum atomic E-state index is -1.16. The highest BCUT2D eigenvalue weighted by molar-refractivity contribution is 7.12. The molecule has 7 heteroatoms. The van der Waals surface area contributed by atoms with E-state index in [4.69, 9.17) is 0 Å². The van der Waals surface area contributed by atoms with E-state index >= 15 is 0 Å². The van der Waals surface area contributed by atoms with E-state index in [1.165, 1.54) is 11.3 Å². The van der Waals surface area contributed by atoms with Crippen LogP contribution in [0.4, 0.5) is 4.79 Å². The van der Waals surface area contributed by atoms with Gasteiger partial charge in [0.1, 0.15) is 0 Å². The molecule has 0 spiro atoms. The lowest BCUT2D eigenvalue weighted by Crippen LogP contribution is -2.24. The van der Waals surface area contributed by atoms with Gasteiger partial charge in [0.05, 0.1) is 17.2 Å². The molecule has 6 nitrogen and oxygen atoms in total. The topological polar surface area (TPSA) is 90.8 Å². The van der Waals surface area contributed by atoms with E-state index in [1.807, 2.05) is 11.4 Å². The quantitative estimate of drug-likeness (QED) is 0.608. The monoisotopic (exact) mass is 269 g/mol. The first-order chi connectivity index (χ1) is 8.63. The Morgan fingerprint density at radius 1 is 1.50 bits per heavy atom. The number of nitrogens with zero attached hydrogens (tertiary/aromatic N) is 1. The molecule has 0 aliphatic carbocycles. The Balaban J connectivity index is 2.68. The lowest BCUT2D eigenvalue weighted by atomic mass is 10.2. The maximum absolute atomic E-state index is 11.1. The van der Waals surface area contributed by atoms with Crippen LogP contribution < -0.4 is 10.5 Å². The van der Waals surface area contributed by atoms with E-state index < -0.39 is 12.1 Å². The SMILES string of the molecule is CCOC(=O)N/N=C(/CCC(=O)[O-])c1cccs1. The zero-order valence-electron chi connectivity index (χ0n) is 9.84. The van der Waals surface area contributed by atoms with Crippen LogP contribution in [0.2, 0.25) is 0 Å². The van der Waals surface area contributed by atoms with Gasteiger partial charge in [-0.15, -0.1) is 11.3 Å². The molecule has 0 bridgehead atoms. The molecule has 1 heterocycles. The molecule has 0 aliphatic rings. The molecule has 0 fully saturated rings. The van der Waals surface area contributed by atoms with Crippen LogP contribution in [0.5, 0.6) is 0 Å². The van der Waals surface area contributed by atoms with E-state index in [1.54, 1.807) is 13.0 Å². The first kappa shape index (κ1) is 14.2. The Hall–Kier alpha value is -1.89. The summed E-state index contributed by atoms with van der Waals surface area (Å²) < 4.78 is 4.65. The van der Waals surface area contributed by atoms with E-state index in [-0.39, 0.29) is 19.4 Å². The van der Waals surface area contributed by atoms with Gasteiger partial charge in [-0.05, 0) is 31.2 Å². The minimum Gasteiger partial charge on any atom is -0.550 e. The van der Waals surface area contributed by atoms with Crippen molar-refractivity contribution in [2.75, 3.05) is 6.61 Å². The third kappa shape index (κ3) is 4.96. The molecule has 1 rings (SSSR count). The Morgan fingerprint density at radius 2 is 2.28 bits per heavy atom. The van der Waals surface area contributed by atoms with Crippen LogP contribution in [-0.2, 0) is 9.53 Å². The van der Waals surface area contributed by atoms with Crippen molar-refractivity contribution in [2.45, 2.75) is 19.8 Å². The molecule has 0 saturated carbocycles. The zero-order chi connectivity index (χ0) is 13.4.